The molecule has 104 valence electrons. The van der Waals surface area contributed by atoms with Gasteiger partial charge in [0.05, 0.1) is 0 Å². The van der Waals surface area contributed by atoms with Crippen molar-refractivity contribution in [2.24, 2.45) is 0 Å². The van der Waals surface area contributed by atoms with Gasteiger partial charge in [-0.3, -0.25) is 9.88 Å². The summed E-state index contributed by atoms with van der Waals surface area (Å²) < 4.78 is 0. The van der Waals surface area contributed by atoms with Crippen LogP contribution in [0.2, 0.25) is 0 Å². The Morgan fingerprint density at radius 2 is 1.60 bits per heavy atom. The maximum absolute atomic E-state index is 4.39. The summed E-state index contributed by atoms with van der Waals surface area (Å²) in [6.45, 7) is 5.63. The van der Waals surface area contributed by atoms with Gasteiger partial charge in [0.2, 0.25) is 0 Å². The molecule has 1 aliphatic heterocycles. The number of benzene rings is 1. The first-order valence-corrected chi connectivity index (χ1v) is 7.34. The summed E-state index contributed by atoms with van der Waals surface area (Å²) in [5.41, 5.74) is 2.54. The first kappa shape index (κ1) is 13.1. The van der Waals surface area contributed by atoms with Crippen molar-refractivity contribution in [1.29, 1.82) is 0 Å². The molecule has 3 heteroatoms. The second-order valence-electron chi connectivity index (χ2n) is 5.24. The molecular formula is C17H21N3. The Hall–Kier alpha value is -1.87. The number of anilines is 1. The third-order valence-electron chi connectivity index (χ3n) is 3.90. The number of piperazine rings is 1. The minimum Gasteiger partial charge on any atom is -0.369 e. The molecule has 3 rings (SSSR count). The lowest BCUT2D eigenvalue weighted by atomic mass is 10.2. The number of rotatable bonds is 4. The first-order valence-electron chi connectivity index (χ1n) is 7.34. The molecule has 20 heavy (non-hydrogen) atoms. The van der Waals surface area contributed by atoms with E-state index in [-0.39, 0.29) is 0 Å². The zero-order chi connectivity index (χ0) is 13.6. The molecule has 0 aliphatic carbocycles. The molecule has 0 N–H and O–H groups in total. The lowest BCUT2D eigenvalue weighted by Crippen LogP contribution is -2.47. The summed E-state index contributed by atoms with van der Waals surface area (Å²) in [6.07, 6.45) is 2.93. The van der Waals surface area contributed by atoms with Gasteiger partial charge in [-0.15, -0.1) is 0 Å². The molecule has 2 aromatic rings. The zero-order valence-electron chi connectivity index (χ0n) is 11.8. The number of pyridine rings is 1. The number of para-hydroxylation sites is 1. The van der Waals surface area contributed by atoms with Gasteiger partial charge in [0, 0.05) is 56.7 Å². The minimum absolute atomic E-state index is 1.05. The largest absolute Gasteiger partial charge is 0.369 e. The summed E-state index contributed by atoms with van der Waals surface area (Å²) in [5.74, 6) is 0. The van der Waals surface area contributed by atoms with Gasteiger partial charge in [-0.05, 0) is 24.3 Å². The monoisotopic (exact) mass is 267 g/mol. The van der Waals surface area contributed by atoms with E-state index in [1.54, 1.807) is 0 Å². The lowest BCUT2D eigenvalue weighted by Gasteiger charge is -2.36. The molecule has 0 atom stereocenters. The second kappa shape index (κ2) is 6.53. The fourth-order valence-corrected chi connectivity index (χ4v) is 2.69. The van der Waals surface area contributed by atoms with E-state index in [1.165, 1.54) is 11.4 Å². The summed E-state index contributed by atoms with van der Waals surface area (Å²) in [7, 11) is 0. The smallest absolute Gasteiger partial charge is 0.0416 e. The predicted octanol–water partition coefficient (Wildman–Crippen LogP) is 2.45. The predicted molar refractivity (Wildman–Crippen MR) is 83.0 cm³/mol. The van der Waals surface area contributed by atoms with Crippen LogP contribution in [0.3, 0.4) is 0 Å². The van der Waals surface area contributed by atoms with Crippen molar-refractivity contribution in [3.8, 4) is 0 Å². The fourth-order valence-electron chi connectivity index (χ4n) is 2.69. The Kier molecular flexibility index (Phi) is 4.28. The van der Waals surface area contributed by atoms with Crippen LogP contribution in [0, 0.1) is 0 Å². The summed E-state index contributed by atoms with van der Waals surface area (Å²) in [5, 5.41) is 0. The van der Waals surface area contributed by atoms with E-state index >= 15 is 0 Å². The van der Waals surface area contributed by atoms with Crippen molar-refractivity contribution in [1.82, 2.24) is 9.88 Å². The molecule has 1 aromatic heterocycles. The molecule has 0 bridgehead atoms. The van der Waals surface area contributed by atoms with E-state index < -0.39 is 0 Å². The Balaban J connectivity index is 1.47. The van der Waals surface area contributed by atoms with E-state index in [1.807, 2.05) is 12.3 Å². The van der Waals surface area contributed by atoms with Gasteiger partial charge in [0.15, 0.2) is 0 Å². The molecule has 0 spiro atoms. The van der Waals surface area contributed by atoms with E-state index in [9.17, 15) is 0 Å². The highest BCUT2D eigenvalue weighted by atomic mass is 15.3. The van der Waals surface area contributed by atoms with Crippen molar-refractivity contribution in [2.45, 2.75) is 6.42 Å². The average Bonchev–Trinajstić information content (AvgIpc) is 2.55. The van der Waals surface area contributed by atoms with Gasteiger partial charge in [-0.25, -0.2) is 0 Å². The third-order valence-corrected chi connectivity index (χ3v) is 3.90. The summed E-state index contributed by atoms with van der Waals surface area (Å²) in [6, 6.07) is 16.9. The topological polar surface area (TPSA) is 19.4 Å². The van der Waals surface area contributed by atoms with Crippen LogP contribution in [0.5, 0.6) is 0 Å². The second-order valence-corrected chi connectivity index (χ2v) is 5.24. The van der Waals surface area contributed by atoms with E-state index in [2.05, 4.69) is 57.2 Å². The number of nitrogens with zero attached hydrogens (tertiary/aromatic N) is 3. The Bertz CT molecular complexity index is 504. The van der Waals surface area contributed by atoms with Crippen molar-refractivity contribution >= 4 is 5.69 Å². The van der Waals surface area contributed by atoms with Gasteiger partial charge < -0.3 is 4.90 Å². The molecule has 1 aliphatic rings. The normalized spacial score (nSPS) is 16.3. The van der Waals surface area contributed by atoms with Gasteiger partial charge in [0.1, 0.15) is 0 Å². The molecule has 0 unspecified atom stereocenters. The number of hydrogen-bond acceptors (Lipinski definition) is 3. The Morgan fingerprint density at radius 1 is 0.850 bits per heavy atom. The third kappa shape index (κ3) is 3.36. The standard InChI is InChI=1S/C17H21N3/c1-2-7-17(8-3-1)20-14-12-19(13-15-20)11-9-16-6-4-5-10-18-16/h1-8,10H,9,11-15H2. The van der Waals surface area contributed by atoms with Crippen LogP contribution in [-0.2, 0) is 6.42 Å². The number of hydrogen-bond donors (Lipinski definition) is 0. The number of aromatic nitrogens is 1. The van der Waals surface area contributed by atoms with Crippen LogP contribution < -0.4 is 4.90 Å². The maximum Gasteiger partial charge on any atom is 0.0416 e. The quantitative estimate of drug-likeness (QED) is 0.848. The highest BCUT2D eigenvalue weighted by molar-refractivity contribution is 5.46. The maximum atomic E-state index is 4.39. The zero-order valence-corrected chi connectivity index (χ0v) is 11.8. The molecule has 1 aromatic carbocycles. The summed E-state index contributed by atoms with van der Waals surface area (Å²) in [4.78, 5) is 9.39. The van der Waals surface area contributed by atoms with E-state index in [4.69, 9.17) is 0 Å². The van der Waals surface area contributed by atoms with Crippen LogP contribution in [0.4, 0.5) is 5.69 Å². The Labute approximate surface area is 120 Å². The molecule has 0 saturated carbocycles. The molecule has 0 amide bonds. The van der Waals surface area contributed by atoms with Gasteiger partial charge in [0.25, 0.3) is 0 Å². The molecule has 1 fully saturated rings. The molecule has 0 radical (unpaired) electrons. The van der Waals surface area contributed by atoms with E-state index in [0.29, 0.717) is 0 Å². The van der Waals surface area contributed by atoms with Crippen LogP contribution in [0.1, 0.15) is 5.69 Å². The summed E-state index contributed by atoms with van der Waals surface area (Å²) >= 11 is 0. The van der Waals surface area contributed by atoms with Gasteiger partial charge >= 0.3 is 0 Å². The van der Waals surface area contributed by atoms with Crippen molar-refractivity contribution < 1.29 is 0 Å². The van der Waals surface area contributed by atoms with Crippen LogP contribution in [-0.4, -0.2) is 42.6 Å². The molecular weight excluding hydrogens is 246 g/mol. The SMILES string of the molecule is c1ccc(N2CCN(CCc3ccccn3)CC2)cc1. The molecule has 3 nitrogen and oxygen atoms in total. The first-order chi connectivity index (χ1) is 9.92. The van der Waals surface area contributed by atoms with Crippen molar-refractivity contribution in [3.05, 3.63) is 60.4 Å². The van der Waals surface area contributed by atoms with Crippen molar-refractivity contribution in [2.75, 3.05) is 37.6 Å². The fraction of sp³-hybridized carbons (Fsp3) is 0.353. The van der Waals surface area contributed by atoms with Crippen LogP contribution >= 0.6 is 0 Å². The molecule has 2 heterocycles. The molecule has 1 saturated heterocycles. The lowest BCUT2D eigenvalue weighted by molar-refractivity contribution is 0.260. The minimum atomic E-state index is 1.05. The highest BCUT2D eigenvalue weighted by Crippen LogP contribution is 2.15. The van der Waals surface area contributed by atoms with E-state index in [0.717, 1.165) is 39.1 Å². The highest BCUT2D eigenvalue weighted by Gasteiger charge is 2.16. The van der Waals surface area contributed by atoms with Crippen LogP contribution in [0.15, 0.2) is 54.7 Å². The van der Waals surface area contributed by atoms with Gasteiger partial charge in [-0.2, -0.15) is 0 Å². The van der Waals surface area contributed by atoms with Crippen molar-refractivity contribution in [3.63, 3.8) is 0 Å². The average molecular weight is 267 g/mol. The Morgan fingerprint density at radius 3 is 2.30 bits per heavy atom. The van der Waals surface area contributed by atoms with Gasteiger partial charge in [-0.1, -0.05) is 24.3 Å². The van der Waals surface area contributed by atoms with Crippen LogP contribution in [0.25, 0.3) is 0 Å².